The molecule has 2 rings (SSSR count). The van der Waals surface area contributed by atoms with Gasteiger partial charge in [0, 0.05) is 25.3 Å². The van der Waals surface area contributed by atoms with Crippen LogP contribution in [0.15, 0.2) is 53.4 Å². The lowest BCUT2D eigenvalue weighted by molar-refractivity contribution is 0.145. The summed E-state index contributed by atoms with van der Waals surface area (Å²) in [7, 11) is -0.999. The van der Waals surface area contributed by atoms with Gasteiger partial charge in [-0.05, 0) is 44.2 Å². The Morgan fingerprint density at radius 2 is 1.73 bits per heavy atom. The van der Waals surface area contributed by atoms with Gasteiger partial charge in [0.25, 0.3) is 0 Å². The van der Waals surface area contributed by atoms with Crippen LogP contribution in [0.25, 0.3) is 0 Å². The lowest BCUT2D eigenvalue weighted by Gasteiger charge is -2.25. The molecule has 0 radical (unpaired) electrons. The van der Waals surface area contributed by atoms with Crippen LogP contribution < -0.4 is 14.2 Å². The molecular formula is C21H28N2O6S. The third kappa shape index (κ3) is 6.64. The minimum Gasteiger partial charge on any atom is -0.497 e. The Labute approximate surface area is 177 Å². The van der Waals surface area contributed by atoms with Crippen LogP contribution in [0.3, 0.4) is 0 Å². The van der Waals surface area contributed by atoms with Crippen LogP contribution in [0.1, 0.15) is 19.4 Å². The summed E-state index contributed by atoms with van der Waals surface area (Å²) in [6.45, 7) is 4.58. The second-order valence-corrected chi connectivity index (χ2v) is 8.39. The Balaban J connectivity index is 2.25. The second-order valence-electron chi connectivity index (χ2n) is 6.84. The number of carbonyl (C=O) groups is 1. The van der Waals surface area contributed by atoms with E-state index in [1.807, 2.05) is 13.8 Å². The Bertz CT molecular complexity index is 929. The number of hydrogen-bond donors (Lipinski definition) is 1. The average molecular weight is 437 g/mol. The zero-order valence-electron chi connectivity index (χ0n) is 17.6. The first-order valence-corrected chi connectivity index (χ1v) is 10.9. The second kappa shape index (κ2) is 10.8. The highest BCUT2D eigenvalue weighted by Crippen LogP contribution is 2.25. The fraction of sp³-hybridized carbons (Fsp3) is 0.381. The number of para-hydroxylation sites is 1. The minimum absolute atomic E-state index is 0.00638. The monoisotopic (exact) mass is 436 g/mol. The lowest BCUT2D eigenvalue weighted by atomic mass is 10.2. The topological polar surface area (TPSA) is 94.2 Å². The van der Waals surface area contributed by atoms with Crippen molar-refractivity contribution < 1.29 is 26.9 Å². The molecule has 0 aliphatic heterocycles. The van der Waals surface area contributed by atoms with Gasteiger partial charge in [0.1, 0.15) is 16.4 Å². The number of ether oxygens (including phenoxy) is 2. The number of hydrogen-bond acceptors (Lipinski definition) is 6. The molecule has 30 heavy (non-hydrogen) atoms. The van der Waals surface area contributed by atoms with Crippen LogP contribution in [0.4, 0.5) is 4.79 Å². The van der Waals surface area contributed by atoms with Crippen molar-refractivity contribution >= 4 is 16.1 Å². The smallest absolute Gasteiger partial charge is 0.339 e. The average Bonchev–Trinajstić information content (AvgIpc) is 2.71. The van der Waals surface area contributed by atoms with E-state index in [2.05, 4.69) is 5.32 Å². The molecule has 8 nitrogen and oxygen atoms in total. The van der Waals surface area contributed by atoms with Gasteiger partial charge < -0.3 is 23.9 Å². The number of amides is 2. The quantitative estimate of drug-likeness (QED) is 0.576. The van der Waals surface area contributed by atoms with E-state index in [4.69, 9.17) is 13.7 Å². The number of urea groups is 1. The van der Waals surface area contributed by atoms with Crippen LogP contribution in [-0.2, 0) is 21.4 Å². The summed E-state index contributed by atoms with van der Waals surface area (Å²) >= 11 is 0. The van der Waals surface area contributed by atoms with Gasteiger partial charge in [-0.25, -0.2) is 4.79 Å². The SMILES string of the molecule is COCCN(Cc1ccccc1OS(=O)(=O)c1ccc(OC)cc1)C(=O)NC(C)C. The van der Waals surface area contributed by atoms with Crippen molar-refractivity contribution in [2.45, 2.75) is 31.3 Å². The number of benzene rings is 2. The molecule has 0 aliphatic rings. The van der Waals surface area contributed by atoms with Crippen LogP contribution >= 0.6 is 0 Å². The maximum absolute atomic E-state index is 12.7. The molecule has 0 saturated heterocycles. The van der Waals surface area contributed by atoms with Gasteiger partial charge in [0.2, 0.25) is 0 Å². The summed E-state index contributed by atoms with van der Waals surface area (Å²) in [6, 6.07) is 12.3. The number of nitrogens with one attached hydrogen (secondary N) is 1. The fourth-order valence-electron chi connectivity index (χ4n) is 2.62. The number of rotatable bonds is 10. The van der Waals surface area contributed by atoms with E-state index in [1.54, 1.807) is 48.4 Å². The molecule has 0 saturated carbocycles. The summed E-state index contributed by atoms with van der Waals surface area (Å²) in [5, 5.41) is 2.84. The van der Waals surface area contributed by atoms with E-state index >= 15 is 0 Å². The van der Waals surface area contributed by atoms with Gasteiger partial charge >= 0.3 is 16.1 Å². The summed E-state index contributed by atoms with van der Waals surface area (Å²) in [6.07, 6.45) is 0. The molecule has 164 valence electrons. The van der Waals surface area contributed by atoms with E-state index in [1.165, 1.54) is 19.2 Å². The van der Waals surface area contributed by atoms with E-state index in [9.17, 15) is 13.2 Å². The van der Waals surface area contributed by atoms with Crippen molar-refractivity contribution in [3.05, 3.63) is 54.1 Å². The molecule has 0 atom stereocenters. The minimum atomic E-state index is -4.05. The first-order valence-electron chi connectivity index (χ1n) is 9.47. The molecule has 0 aliphatic carbocycles. The number of nitrogens with zero attached hydrogens (tertiary/aromatic N) is 1. The molecule has 0 spiro atoms. The fourth-order valence-corrected chi connectivity index (χ4v) is 3.59. The van der Waals surface area contributed by atoms with Gasteiger partial charge in [0.05, 0.1) is 20.3 Å². The van der Waals surface area contributed by atoms with E-state index in [0.717, 1.165) is 0 Å². The summed E-state index contributed by atoms with van der Waals surface area (Å²) in [5.41, 5.74) is 0.560. The highest BCUT2D eigenvalue weighted by Gasteiger charge is 2.21. The molecule has 2 aromatic rings. The van der Waals surface area contributed by atoms with Crippen LogP contribution in [-0.4, -0.2) is 52.8 Å². The largest absolute Gasteiger partial charge is 0.497 e. The first kappa shape index (κ1) is 23.5. The van der Waals surface area contributed by atoms with Gasteiger partial charge in [-0.1, -0.05) is 18.2 Å². The molecule has 0 unspecified atom stereocenters. The Morgan fingerprint density at radius 3 is 2.33 bits per heavy atom. The van der Waals surface area contributed by atoms with Gasteiger partial charge in [0.15, 0.2) is 0 Å². The van der Waals surface area contributed by atoms with Crippen LogP contribution in [0, 0.1) is 0 Å². The van der Waals surface area contributed by atoms with Crippen molar-refractivity contribution in [2.24, 2.45) is 0 Å². The van der Waals surface area contributed by atoms with Crippen molar-refractivity contribution in [2.75, 3.05) is 27.4 Å². The molecule has 1 N–H and O–H groups in total. The highest BCUT2D eigenvalue weighted by molar-refractivity contribution is 7.87. The maximum atomic E-state index is 12.7. The van der Waals surface area contributed by atoms with Crippen molar-refractivity contribution in [1.29, 1.82) is 0 Å². The predicted octanol–water partition coefficient (Wildman–Crippen LogP) is 3.03. The zero-order valence-corrected chi connectivity index (χ0v) is 18.4. The molecule has 2 amide bonds. The number of methoxy groups -OCH3 is 2. The first-order chi connectivity index (χ1) is 14.3. The number of carbonyl (C=O) groups excluding carboxylic acids is 1. The molecule has 0 heterocycles. The molecule has 9 heteroatoms. The molecule has 0 bridgehead atoms. The normalized spacial score (nSPS) is 11.2. The van der Waals surface area contributed by atoms with Crippen molar-refractivity contribution in [1.82, 2.24) is 10.2 Å². The Kier molecular flexibility index (Phi) is 8.49. The third-order valence-electron chi connectivity index (χ3n) is 4.15. The lowest BCUT2D eigenvalue weighted by Crippen LogP contribution is -2.44. The standard InChI is InChI=1S/C21H28N2O6S/c1-16(2)22-21(24)23(13-14-27-3)15-17-7-5-6-8-20(17)29-30(25,26)19-11-9-18(28-4)10-12-19/h5-12,16H,13-15H2,1-4H3,(H,22,24). The Hall–Kier alpha value is -2.78. The van der Waals surface area contributed by atoms with Gasteiger partial charge in [-0.2, -0.15) is 8.42 Å². The summed E-state index contributed by atoms with van der Waals surface area (Å²) < 4.78 is 41.0. The Morgan fingerprint density at radius 1 is 1.07 bits per heavy atom. The van der Waals surface area contributed by atoms with Gasteiger partial charge in [-0.3, -0.25) is 0 Å². The summed E-state index contributed by atoms with van der Waals surface area (Å²) in [4.78, 5) is 14.1. The third-order valence-corrected chi connectivity index (χ3v) is 5.39. The van der Waals surface area contributed by atoms with E-state index in [0.29, 0.717) is 24.5 Å². The summed E-state index contributed by atoms with van der Waals surface area (Å²) in [5.74, 6) is 0.701. The molecule has 0 aromatic heterocycles. The predicted molar refractivity (Wildman–Crippen MR) is 113 cm³/mol. The van der Waals surface area contributed by atoms with Crippen LogP contribution in [0.2, 0.25) is 0 Å². The molecule has 2 aromatic carbocycles. The molecule has 0 fully saturated rings. The van der Waals surface area contributed by atoms with Crippen molar-refractivity contribution in [3.8, 4) is 11.5 Å². The molecular weight excluding hydrogens is 408 g/mol. The van der Waals surface area contributed by atoms with Crippen LogP contribution in [0.5, 0.6) is 11.5 Å². The van der Waals surface area contributed by atoms with E-state index < -0.39 is 10.1 Å². The zero-order chi connectivity index (χ0) is 22.1. The highest BCUT2D eigenvalue weighted by atomic mass is 32.2. The van der Waals surface area contributed by atoms with E-state index in [-0.39, 0.29) is 29.3 Å². The van der Waals surface area contributed by atoms with Gasteiger partial charge in [-0.15, -0.1) is 0 Å². The van der Waals surface area contributed by atoms with Crippen molar-refractivity contribution in [3.63, 3.8) is 0 Å². The maximum Gasteiger partial charge on any atom is 0.339 e.